The van der Waals surface area contributed by atoms with Crippen molar-refractivity contribution in [3.63, 3.8) is 0 Å². The van der Waals surface area contributed by atoms with Crippen LogP contribution in [0.1, 0.15) is 21.5 Å². The molecule has 4 nitrogen and oxygen atoms in total. The molecule has 0 spiro atoms. The van der Waals surface area contributed by atoms with E-state index in [2.05, 4.69) is 36.2 Å². The number of halogens is 1. The average molecular weight is 404 g/mol. The number of pyridine rings is 1. The average Bonchev–Trinajstić information content (AvgIpc) is 2.74. The van der Waals surface area contributed by atoms with Crippen molar-refractivity contribution in [1.29, 1.82) is 0 Å². The van der Waals surface area contributed by atoms with Gasteiger partial charge < -0.3 is 9.84 Å². The number of nitrogens with zero attached hydrogens (tertiary/aromatic N) is 1. The fourth-order valence-electron chi connectivity index (χ4n) is 3.32. The van der Waals surface area contributed by atoms with E-state index in [4.69, 9.17) is 16.3 Å². The molecule has 0 bridgehead atoms. The monoisotopic (exact) mass is 403 g/mol. The fourth-order valence-corrected chi connectivity index (χ4v) is 3.55. The van der Waals surface area contributed by atoms with Gasteiger partial charge >= 0.3 is 0 Å². The summed E-state index contributed by atoms with van der Waals surface area (Å²) in [6.45, 7) is 2.34. The van der Waals surface area contributed by atoms with E-state index in [9.17, 15) is 9.90 Å². The minimum absolute atomic E-state index is 0.131. The maximum absolute atomic E-state index is 10.9. The third-order valence-corrected chi connectivity index (χ3v) is 5.28. The van der Waals surface area contributed by atoms with Crippen LogP contribution in [0.5, 0.6) is 11.5 Å². The van der Waals surface area contributed by atoms with Crippen LogP contribution in [-0.4, -0.2) is 16.4 Å². The van der Waals surface area contributed by atoms with Crippen molar-refractivity contribution < 1.29 is 14.6 Å². The van der Waals surface area contributed by atoms with Gasteiger partial charge in [-0.3, -0.25) is 9.78 Å². The largest absolute Gasteiger partial charge is 0.507 e. The number of fused-ring (bicyclic) bond motifs is 1. The molecule has 0 unspecified atom stereocenters. The second-order valence-corrected chi connectivity index (χ2v) is 7.18. The van der Waals surface area contributed by atoms with Crippen LogP contribution in [0.4, 0.5) is 0 Å². The third-order valence-electron chi connectivity index (χ3n) is 4.99. The number of phenols is 1. The van der Waals surface area contributed by atoms with Gasteiger partial charge in [0.15, 0.2) is 6.29 Å². The molecule has 0 saturated heterocycles. The lowest BCUT2D eigenvalue weighted by Crippen LogP contribution is -2.00. The Morgan fingerprint density at radius 2 is 1.97 bits per heavy atom. The Balaban J connectivity index is 1.63. The molecule has 0 aliphatic carbocycles. The molecule has 144 valence electrons. The molecule has 4 rings (SSSR count). The minimum atomic E-state index is -0.158. The zero-order valence-electron chi connectivity index (χ0n) is 15.7. The molecule has 1 aromatic heterocycles. The molecule has 29 heavy (non-hydrogen) atoms. The molecule has 0 amide bonds. The number of carbonyl (C=O) groups is 1. The molecular weight excluding hydrogens is 386 g/mol. The van der Waals surface area contributed by atoms with Crippen LogP contribution in [-0.2, 0) is 6.61 Å². The fraction of sp³-hybridized carbons (Fsp3) is 0.0833. The summed E-state index contributed by atoms with van der Waals surface area (Å²) in [4.78, 5) is 15.1. The number of benzene rings is 3. The predicted molar refractivity (Wildman–Crippen MR) is 115 cm³/mol. The lowest BCUT2D eigenvalue weighted by Gasteiger charge is -2.14. The van der Waals surface area contributed by atoms with E-state index in [1.165, 1.54) is 12.1 Å². The molecule has 5 heteroatoms. The van der Waals surface area contributed by atoms with Crippen molar-refractivity contribution in [2.75, 3.05) is 0 Å². The molecule has 0 fully saturated rings. The van der Waals surface area contributed by atoms with Crippen LogP contribution < -0.4 is 4.74 Å². The number of carbonyl (C=O) groups excluding carboxylic acids is 1. The van der Waals surface area contributed by atoms with Crippen LogP contribution in [0.25, 0.3) is 21.9 Å². The summed E-state index contributed by atoms with van der Waals surface area (Å²) in [6.07, 6.45) is 4.20. The topological polar surface area (TPSA) is 59.4 Å². The SMILES string of the molecule is Cc1c(COc2cc(O)c(C=O)cc2Cl)cccc1-c1ccc2ccncc2c1. The minimum Gasteiger partial charge on any atom is -0.507 e. The third kappa shape index (κ3) is 3.80. The Morgan fingerprint density at radius 3 is 2.79 bits per heavy atom. The Hall–Kier alpha value is -3.37. The van der Waals surface area contributed by atoms with Crippen LogP contribution >= 0.6 is 11.6 Å². The Kier molecular flexibility index (Phi) is 5.19. The highest BCUT2D eigenvalue weighted by atomic mass is 35.5. The highest BCUT2D eigenvalue weighted by molar-refractivity contribution is 6.32. The van der Waals surface area contributed by atoms with Crippen molar-refractivity contribution in [2.45, 2.75) is 13.5 Å². The van der Waals surface area contributed by atoms with Crippen molar-refractivity contribution >= 4 is 28.7 Å². The lowest BCUT2D eigenvalue weighted by molar-refractivity contribution is 0.112. The molecule has 4 aromatic rings. The van der Waals surface area contributed by atoms with Gasteiger partial charge in [0.05, 0.1) is 10.6 Å². The summed E-state index contributed by atoms with van der Waals surface area (Å²) in [7, 11) is 0. The van der Waals surface area contributed by atoms with E-state index in [1.54, 1.807) is 6.20 Å². The molecule has 0 atom stereocenters. The summed E-state index contributed by atoms with van der Waals surface area (Å²) in [5, 5.41) is 12.4. The van der Waals surface area contributed by atoms with Gasteiger partial charge in [0.2, 0.25) is 0 Å². The van der Waals surface area contributed by atoms with Crippen LogP contribution in [0.3, 0.4) is 0 Å². The number of ether oxygens (including phenoxy) is 1. The zero-order valence-corrected chi connectivity index (χ0v) is 16.5. The van der Waals surface area contributed by atoms with Gasteiger partial charge in [-0.2, -0.15) is 0 Å². The number of phenolic OH excluding ortho intramolecular Hbond substituents is 1. The molecule has 0 saturated carbocycles. The number of rotatable bonds is 5. The highest BCUT2D eigenvalue weighted by Crippen LogP contribution is 2.33. The number of aromatic nitrogens is 1. The first-order valence-electron chi connectivity index (χ1n) is 9.10. The van der Waals surface area contributed by atoms with Gasteiger partial charge in [-0.05, 0) is 52.8 Å². The van der Waals surface area contributed by atoms with E-state index < -0.39 is 0 Å². The Labute approximate surface area is 173 Å². The van der Waals surface area contributed by atoms with E-state index in [0.717, 1.165) is 33.0 Å². The van der Waals surface area contributed by atoms with Crippen LogP contribution in [0.2, 0.25) is 5.02 Å². The van der Waals surface area contributed by atoms with Gasteiger partial charge in [-0.15, -0.1) is 0 Å². The van der Waals surface area contributed by atoms with Crippen LogP contribution in [0, 0.1) is 6.92 Å². The second kappa shape index (κ2) is 7.94. The Morgan fingerprint density at radius 1 is 1.10 bits per heavy atom. The molecule has 0 aliphatic heterocycles. The first kappa shape index (κ1) is 19.0. The van der Waals surface area contributed by atoms with E-state index >= 15 is 0 Å². The van der Waals surface area contributed by atoms with Crippen molar-refractivity contribution in [2.24, 2.45) is 0 Å². The van der Waals surface area contributed by atoms with Crippen LogP contribution in [0.15, 0.2) is 67.0 Å². The van der Waals surface area contributed by atoms with E-state index in [-0.39, 0.29) is 22.9 Å². The van der Waals surface area contributed by atoms with Crippen molar-refractivity contribution in [3.8, 4) is 22.6 Å². The van der Waals surface area contributed by atoms with Gasteiger partial charge in [0.25, 0.3) is 0 Å². The molecule has 1 heterocycles. The summed E-state index contributed by atoms with van der Waals surface area (Å²) < 4.78 is 5.83. The number of hydrogen-bond donors (Lipinski definition) is 1. The molecule has 0 radical (unpaired) electrons. The highest BCUT2D eigenvalue weighted by Gasteiger charge is 2.11. The maximum Gasteiger partial charge on any atom is 0.153 e. The lowest BCUT2D eigenvalue weighted by atomic mass is 9.95. The normalized spacial score (nSPS) is 10.8. The molecule has 1 N–H and O–H groups in total. The maximum atomic E-state index is 10.9. The van der Waals surface area contributed by atoms with E-state index in [0.29, 0.717) is 12.0 Å². The van der Waals surface area contributed by atoms with Gasteiger partial charge in [0, 0.05) is 23.8 Å². The second-order valence-electron chi connectivity index (χ2n) is 6.78. The van der Waals surface area contributed by atoms with Gasteiger partial charge in [-0.1, -0.05) is 41.9 Å². The quantitative estimate of drug-likeness (QED) is 0.417. The van der Waals surface area contributed by atoms with Crippen molar-refractivity contribution in [1.82, 2.24) is 4.98 Å². The summed E-state index contributed by atoms with van der Waals surface area (Å²) in [5.74, 6) is 0.172. The Bertz CT molecular complexity index is 1220. The molecular formula is C24H18ClNO3. The zero-order chi connectivity index (χ0) is 20.4. The van der Waals surface area contributed by atoms with Gasteiger partial charge in [-0.25, -0.2) is 0 Å². The summed E-state index contributed by atoms with van der Waals surface area (Å²) in [5.41, 5.74) is 4.45. The first-order valence-corrected chi connectivity index (χ1v) is 9.48. The smallest absolute Gasteiger partial charge is 0.153 e. The van der Waals surface area contributed by atoms with Gasteiger partial charge in [0.1, 0.15) is 18.1 Å². The predicted octanol–water partition coefficient (Wildman–Crippen LogP) is 5.96. The molecule has 0 aliphatic rings. The number of hydrogen-bond acceptors (Lipinski definition) is 4. The standard InChI is InChI=1S/C24H18ClNO3/c1-15-18(14-29-24-11-23(28)20(13-27)10-22(24)25)3-2-4-21(15)17-6-5-16-7-8-26-12-19(16)9-17/h2-13,28H,14H2,1H3. The van der Waals surface area contributed by atoms with Crippen molar-refractivity contribution in [3.05, 3.63) is 88.7 Å². The first-order chi connectivity index (χ1) is 14.1. The molecule has 3 aromatic carbocycles. The number of aromatic hydroxyl groups is 1. The van der Waals surface area contributed by atoms with E-state index in [1.807, 2.05) is 24.4 Å². The summed E-state index contributed by atoms with van der Waals surface area (Å²) in [6, 6.07) is 17.1. The number of aldehydes is 1. The summed E-state index contributed by atoms with van der Waals surface area (Å²) >= 11 is 6.17.